The Balaban J connectivity index is 3.97. The Labute approximate surface area is 101 Å². The summed E-state index contributed by atoms with van der Waals surface area (Å²) in [4.78, 5) is 22.4. The van der Waals surface area contributed by atoms with E-state index < -0.39 is 6.04 Å². The summed E-state index contributed by atoms with van der Waals surface area (Å²) in [5.41, 5.74) is 0. The van der Waals surface area contributed by atoms with Crippen LogP contribution < -0.4 is 10.6 Å². The third-order valence-electron chi connectivity index (χ3n) is 2.12. The minimum absolute atomic E-state index is 0.110. The predicted octanol–water partition coefficient (Wildman–Crippen LogP) is -0.444. The Kier molecular flexibility index (Phi) is 8.01. The van der Waals surface area contributed by atoms with Gasteiger partial charge in [-0.2, -0.15) is 12.6 Å². The van der Waals surface area contributed by atoms with Crippen LogP contribution in [0.1, 0.15) is 20.3 Å². The average Bonchev–Trinajstić information content (AvgIpc) is 2.22. The molecular weight excluding hydrogens is 228 g/mol. The minimum atomic E-state index is -0.595. The van der Waals surface area contributed by atoms with E-state index in [0.717, 1.165) is 0 Å². The van der Waals surface area contributed by atoms with Gasteiger partial charge in [0.1, 0.15) is 6.04 Å². The number of aliphatic hydroxyl groups is 1. The molecule has 94 valence electrons. The quantitative estimate of drug-likeness (QED) is 0.461. The molecule has 0 spiro atoms. The maximum atomic E-state index is 11.6. The molecule has 0 aromatic heterocycles. The van der Waals surface area contributed by atoms with Crippen LogP contribution >= 0.6 is 12.6 Å². The van der Waals surface area contributed by atoms with Gasteiger partial charge < -0.3 is 15.7 Å². The number of thiol groups is 1. The van der Waals surface area contributed by atoms with Gasteiger partial charge >= 0.3 is 0 Å². The van der Waals surface area contributed by atoms with E-state index in [1.165, 1.54) is 6.92 Å². The van der Waals surface area contributed by atoms with Crippen molar-refractivity contribution in [2.75, 3.05) is 18.9 Å². The lowest BCUT2D eigenvalue weighted by molar-refractivity contribution is -0.127. The van der Waals surface area contributed by atoms with Gasteiger partial charge in [-0.3, -0.25) is 9.59 Å². The Morgan fingerprint density at radius 2 is 2.06 bits per heavy atom. The first kappa shape index (κ1) is 15.2. The van der Waals surface area contributed by atoms with E-state index in [1.807, 2.05) is 6.92 Å². The maximum absolute atomic E-state index is 11.6. The smallest absolute Gasteiger partial charge is 0.243 e. The van der Waals surface area contributed by atoms with Crippen molar-refractivity contribution >= 4 is 24.4 Å². The molecule has 0 heterocycles. The molecule has 0 bridgehead atoms. The van der Waals surface area contributed by atoms with E-state index in [4.69, 9.17) is 5.11 Å². The normalized spacial score (nSPS) is 14.0. The number of nitrogens with one attached hydrogen (secondary N) is 2. The number of aliphatic hydroxyl groups excluding tert-OH is 1. The molecule has 0 aliphatic rings. The lowest BCUT2D eigenvalue weighted by atomic mass is 10.1. The molecule has 16 heavy (non-hydrogen) atoms. The molecule has 0 aliphatic heterocycles. The van der Waals surface area contributed by atoms with Crippen molar-refractivity contribution in [3.05, 3.63) is 0 Å². The highest BCUT2D eigenvalue weighted by Gasteiger charge is 2.17. The molecular formula is C10H20N2O3S. The summed E-state index contributed by atoms with van der Waals surface area (Å²) in [6.45, 7) is 3.89. The van der Waals surface area contributed by atoms with Crippen LogP contribution in [0.4, 0.5) is 0 Å². The van der Waals surface area contributed by atoms with Gasteiger partial charge in [0, 0.05) is 25.8 Å². The average molecular weight is 248 g/mol. The van der Waals surface area contributed by atoms with E-state index >= 15 is 0 Å². The van der Waals surface area contributed by atoms with Gasteiger partial charge in [0.2, 0.25) is 11.8 Å². The van der Waals surface area contributed by atoms with Crippen molar-refractivity contribution in [1.82, 2.24) is 10.6 Å². The fourth-order valence-corrected chi connectivity index (χ4v) is 1.42. The second kappa shape index (κ2) is 8.41. The lowest BCUT2D eigenvalue weighted by Gasteiger charge is -2.17. The second-order valence-corrected chi connectivity index (χ2v) is 4.16. The van der Waals surface area contributed by atoms with Crippen LogP contribution in [-0.2, 0) is 9.59 Å². The molecule has 2 atom stereocenters. The molecule has 3 N–H and O–H groups in total. The van der Waals surface area contributed by atoms with Crippen LogP contribution in [-0.4, -0.2) is 41.9 Å². The number of rotatable bonds is 7. The Morgan fingerprint density at radius 1 is 1.44 bits per heavy atom. The zero-order chi connectivity index (χ0) is 12.6. The standard InChI is InChI=1S/C10H20N2O3S/c1-7(3-4-13)5-11-10(15)9(6-16)12-8(2)14/h7,9,13,16H,3-6H2,1-2H3,(H,11,15)(H,12,14). The summed E-state index contributed by atoms with van der Waals surface area (Å²) in [7, 11) is 0. The summed E-state index contributed by atoms with van der Waals surface area (Å²) < 4.78 is 0. The molecule has 0 saturated heterocycles. The zero-order valence-corrected chi connectivity index (χ0v) is 10.6. The molecule has 0 rings (SSSR count). The molecule has 0 aromatic carbocycles. The molecule has 5 nitrogen and oxygen atoms in total. The number of hydrogen-bond donors (Lipinski definition) is 4. The van der Waals surface area contributed by atoms with Crippen molar-refractivity contribution in [2.45, 2.75) is 26.3 Å². The van der Waals surface area contributed by atoms with Gasteiger partial charge in [-0.05, 0) is 12.3 Å². The first-order chi connectivity index (χ1) is 7.51. The number of amides is 2. The third kappa shape index (κ3) is 6.68. The predicted molar refractivity (Wildman–Crippen MR) is 65.3 cm³/mol. The van der Waals surface area contributed by atoms with Gasteiger partial charge in [-0.25, -0.2) is 0 Å². The van der Waals surface area contributed by atoms with Crippen LogP contribution in [0.25, 0.3) is 0 Å². The van der Waals surface area contributed by atoms with E-state index in [9.17, 15) is 9.59 Å². The third-order valence-corrected chi connectivity index (χ3v) is 2.49. The monoisotopic (exact) mass is 248 g/mol. The van der Waals surface area contributed by atoms with E-state index in [0.29, 0.717) is 13.0 Å². The van der Waals surface area contributed by atoms with Gasteiger partial charge in [-0.15, -0.1) is 0 Å². The summed E-state index contributed by atoms with van der Waals surface area (Å²) >= 11 is 4.00. The molecule has 0 fully saturated rings. The zero-order valence-electron chi connectivity index (χ0n) is 9.69. The molecule has 0 radical (unpaired) electrons. The van der Waals surface area contributed by atoms with E-state index in [2.05, 4.69) is 23.3 Å². The van der Waals surface area contributed by atoms with Crippen LogP contribution in [0.3, 0.4) is 0 Å². The van der Waals surface area contributed by atoms with Crippen LogP contribution in [0.2, 0.25) is 0 Å². The van der Waals surface area contributed by atoms with E-state index in [-0.39, 0.29) is 30.1 Å². The molecule has 2 unspecified atom stereocenters. The van der Waals surface area contributed by atoms with Gasteiger partial charge in [0.15, 0.2) is 0 Å². The van der Waals surface area contributed by atoms with E-state index in [1.54, 1.807) is 0 Å². The molecule has 0 aromatic rings. The van der Waals surface area contributed by atoms with Crippen molar-refractivity contribution in [2.24, 2.45) is 5.92 Å². The van der Waals surface area contributed by atoms with Gasteiger partial charge in [-0.1, -0.05) is 6.92 Å². The molecule has 0 saturated carbocycles. The van der Waals surface area contributed by atoms with Crippen LogP contribution in [0.5, 0.6) is 0 Å². The lowest BCUT2D eigenvalue weighted by Crippen LogP contribution is -2.48. The topological polar surface area (TPSA) is 78.4 Å². The minimum Gasteiger partial charge on any atom is -0.396 e. The second-order valence-electron chi connectivity index (χ2n) is 3.80. The maximum Gasteiger partial charge on any atom is 0.243 e. The highest BCUT2D eigenvalue weighted by atomic mass is 32.1. The first-order valence-corrected chi connectivity index (χ1v) is 5.91. The number of carbonyl (C=O) groups excluding carboxylic acids is 2. The summed E-state index contributed by atoms with van der Waals surface area (Å²) in [5, 5.41) is 13.9. The number of carbonyl (C=O) groups is 2. The summed E-state index contributed by atoms with van der Waals surface area (Å²) in [6, 6.07) is -0.595. The van der Waals surface area contributed by atoms with Crippen molar-refractivity contribution < 1.29 is 14.7 Å². The first-order valence-electron chi connectivity index (χ1n) is 5.27. The van der Waals surface area contributed by atoms with Crippen LogP contribution in [0.15, 0.2) is 0 Å². The van der Waals surface area contributed by atoms with Gasteiger partial charge in [0.25, 0.3) is 0 Å². The van der Waals surface area contributed by atoms with Gasteiger partial charge in [0.05, 0.1) is 0 Å². The highest BCUT2D eigenvalue weighted by Crippen LogP contribution is 1.98. The Bertz CT molecular complexity index is 236. The Morgan fingerprint density at radius 3 is 2.50 bits per heavy atom. The highest BCUT2D eigenvalue weighted by molar-refractivity contribution is 7.80. The fraction of sp³-hybridized carbons (Fsp3) is 0.800. The largest absolute Gasteiger partial charge is 0.396 e. The Hall–Kier alpha value is -0.750. The van der Waals surface area contributed by atoms with Crippen molar-refractivity contribution in [1.29, 1.82) is 0 Å². The summed E-state index contributed by atoms with van der Waals surface area (Å²) in [6.07, 6.45) is 0.645. The number of hydrogen-bond acceptors (Lipinski definition) is 4. The summed E-state index contributed by atoms with van der Waals surface area (Å²) in [5.74, 6) is -0.0146. The molecule has 0 aliphatic carbocycles. The molecule has 6 heteroatoms. The SMILES string of the molecule is CC(=O)NC(CS)C(=O)NCC(C)CCO. The van der Waals surface area contributed by atoms with Crippen LogP contribution in [0, 0.1) is 5.92 Å². The van der Waals surface area contributed by atoms with Crippen molar-refractivity contribution in [3.8, 4) is 0 Å². The fourth-order valence-electron chi connectivity index (χ4n) is 1.16. The van der Waals surface area contributed by atoms with Crippen molar-refractivity contribution in [3.63, 3.8) is 0 Å². The molecule has 2 amide bonds.